The molecule has 8 heavy (non-hydrogen) atoms. The minimum Gasteiger partial charge on any atom is -0.390 e. The van der Waals surface area contributed by atoms with Gasteiger partial charge in [-0.15, -0.1) is 0 Å². The molecule has 1 aliphatic rings. The molecule has 0 saturated heterocycles. The lowest BCUT2D eigenvalue weighted by Gasteiger charge is -2.03. The molecule has 48 valence electrons. The summed E-state index contributed by atoms with van der Waals surface area (Å²) in [7, 11) is 0. The monoisotopic (exact) mass is 228 g/mol. The topological polar surface area (TPSA) is 40.5 Å². The third kappa shape index (κ3) is 1.33. The lowest BCUT2D eigenvalue weighted by molar-refractivity contribution is 0.0438. The van der Waals surface area contributed by atoms with E-state index in [0.717, 1.165) is 12.8 Å². The molecule has 1 rings (SSSR count). The minimum atomic E-state index is -0.461. The van der Waals surface area contributed by atoms with Gasteiger partial charge < -0.3 is 10.2 Å². The molecule has 1 saturated carbocycles. The van der Waals surface area contributed by atoms with Crippen LogP contribution < -0.4 is 0 Å². The van der Waals surface area contributed by atoms with Crippen LogP contribution in [0.15, 0.2) is 0 Å². The van der Waals surface area contributed by atoms with Gasteiger partial charge in [0.25, 0.3) is 0 Å². The quantitative estimate of drug-likeness (QED) is 0.462. The predicted octanol–water partition coefficient (Wildman–Crippen LogP) is 0.306. The molecule has 0 radical (unpaired) electrons. The van der Waals surface area contributed by atoms with Gasteiger partial charge in [-0.3, -0.25) is 0 Å². The van der Waals surface area contributed by atoms with E-state index < -0.39 is 12.2 Å². The number of aliphatic hydroxyl groups is 2. The summed E-state index contributed by atoms with van der Waals surface area (Å²) < 4.78 is 0.470. The summed E-state index contributed by atoms with van der Waals surface area (Å²) in [6.45, 7) is 0. The molecule has 1 fully saturated rings. The van der Waals surface area contributed by atoms with E-state index in [4.69, 9.17) is 10.2 Å². The Bertz CT molecular complexity index is 76.5. The Morgan fingerprint density at radius 3 is 1.62 bits per heavy atom. The fraction of sp³-hybridized carbons (Fsp3) is 1.00. The summed E-state index contributed by atoms with van der Waals surface area (Å²) in [5, 5.41) is 17.8. The molecule has 0 aliphatic heterocycles. The Kier molecular flexibility index (Phi) is 2.11. The van der Waals surface area contributed by atoms with E-state index in [1.165, 1.54) is 0 Å². The van der Waals surface area contributed by atoms with E-state index in [9.17, 15) is 0 Å². The van der Waals surface area contributed by atoms with Crippen molar-refractivity contribution in [3.8, 4) is 0 Å². The third-order valence-electron chi connectivity index (χ3n) is 1.44. The Labute approximate surface area is 62.0 Å². The number of hydrogen-bond donors (Lipinski definition) is 2. The van der Waals surface area contributed by atoms with E-state index >= 15 is 0 Å². The molecule has 0 aromatic carbocycles. The first-order valence-corrected chi connectivity index (χ1v) is 3.95. The van der Waals surface area contributed by atoms with Crippen molar-refractivity contribution in [1.29, 1.82) is 0 Å². The molecule has 3 heteroatoms. The maximum atomic E-state index is 8.91. The lowest BCUT2D eigenvalue weighted by atomic mass is 10.3. The molecule has 2 atom stereocenters. The molecule has 0 amide bonds. The zero-order valence-electron chi connectivity index (χ0n) is 4.42. The summed E-state index contributed by atoms with van der Waals surface area (Å²) in [5.41, 5.74) is 0. The van der Waals surface area contributed by atoms with Crippen molar-refractivity contribution in [2.24, 2.45) is 0 Å². The smallest absolute Gasteiger partial charge is 0.0809 e. The van der Waals surface area contributed by atoms with Crippen molar-refractivity contribution >= 4 is 22.6 Å². The van der Waals surface area contributed by atoms with Crippen LogP contribution in [0.3, 0.4) is 0 Å². The summed E-state index contributed by atoms with van der Waals surface area (Å²) in [4.78, 5) is 0. The third-order valence-corrected chi connectivity index (χ3v) is 2.46. The van der Waals surface area contributed by atoms with Crippen LogP contribution >= 0.6 is 22.6 Å². The van der Waals surface area contributed by atoms with Crippen molar-refractivity contribution in [1.82, 2.24) is 0 Å². The number of alkyl halides is 1. The molecule has 0 aromatic heterocycles. The van der Waals surface area contributed by atoms with Crippen LogP contribution in [-0.4, -0.2) is 26.3 Å². The van der Waals surface area contributed by atoms with Crippen LogP contribution in [0, 0.1) is 0 Å². The second kappa shape index (κ2) is 2.49. The highest BCUT2D eigenvalue weighted by molar-refractivity contribution is 14.1. The summed E-state index contributed by atoms with van der Waals surface area (Å²) >= 11 is 2.24. The first-order chi connectivity index (χ1) is 3.70. The normalized spacial score (nSPS) is 47.6. The summed E-state index contributed by atoms with van der Waals surface area (Å²) in [6.07, 6.45) is 0.581. The maximum absolute atomic E-state index is 8.91. The van der Waals surface area contributed by atoms with Gasteiger partial charge in [0.15, 0.2) is 0 Å². The van der Waals surface area contributed by atoms with Gasteiger partial charge in [0, 0.05) is 3.92 Å². The second-order valence-electron chi connectivity index (χ2n) is 2.20. The second-order valence-corrected chi connectivity index (χ2v) is 3.96. The number of halogens is 1. The van der Waals surface area contributed by atoms with Crippen molar-refractivity contribution in [3.05, 3.63) is 0 Å². The molecule has 0 spiro atoms. The fourth-order valence-electron chi connectivity index (χ4n) is 0.934. The van der Waals surface area contributed by atoms with Gasteiger partial charge in [-0.2, -0.15) is 0 Å². The molecular formula is C5H9IO2. The Morgan fingerprint density at radius 1 is 1.12 bits per heavy atom. The zero-order valence-corrected chi connectivity index (χ0v) is 6.58. The Morgan fingerprint density at radius 2 is 1.50 bits per heavy atom. The highest BCUT2D eigenvalue weighted by Crippen LogP contribution is 2.25. The van der Waals surface area contributed by atoms with Gasteiger partial charge in [0.05, 0.1) is 12.2 Å². The van der Waals surface area contributed by atoms with Crippen molar-refractivity contribution in [3.63, 3.8) is 0 Å². The summed E-state index contributed by atoms with van der Waals surface area (Å²) in [6, 6.07) is 0. The van der Waals surface area contributed by atoms with Gasteiger partial charge in [-0.25, -0.2) is 0 Å². The molecule has 2 N–H and O–H groups in total. The van der Waals surface area contributed by atoms with E-state index in [1.54, 1.807) is 0 Å². The number of aliphatic hydroxyl groups excluding tert-OH is 2. The average molecular weight is 228 g/mol. The number of rotatable bonds is 0. The fourth-order valence-corrected chi connectivity index (χ4v) is 1.98. The van der Waals surface area contributed by atoms with Gasteiger partial charge in [0.1, 0.15) is 0 Å². The maximum Gasteiger partial charge on any atom is 0.0809 e. The van der Waals surface area contributed by atoms with Crippen LogP contribution in [0.5, 0.6) is 0 Å². The van der Waals surface area contributed by atoms with E-state index in [0.29, 0.717) is 3.92 Å². The molecule has 2 unspecified atom stereocenters. The molecule has 2 nitrogen and oxygen atoms in total. The highest BCUT2D eigenvalue weighted by Gasteiger charge is 2.29. The molecule has 0 bridgehead atoms. The van der Waals surface area contributed by atoms with Crippen molar-refractivity contribution < 1.29 is 10.2 Å². The van der Waals surface area contributed by atoms with E-state index in [2.05, 4.69) is 22.6 Å². The molecule has 0 aromatic rings. The van der Waals surface area contributed by atoms with E-state index in [-0.39, 0.29) is 0 Å². The molecule has 1 aliphatic carbocycles. The number of hydrogen-bond acceptors (Lipinski definition) is 2. The Hall–Kier alpha value is 0.650. The summed E-state index contributed by atoms with van der Waals surface area (Å²) in [5.74, 6) is 0. The van der Waals surface area contributed by atoms with Crippen molar-refractivity contribution in [2.75, 3.05) is 0 Å². The SMILES string of the molecule is OC1CC(I)CC1O. The van der Waals surface area contributed by atoms with Gasteiger partial charge in [-0.05, 0) is 12.8 Å². The van der Waals surface area contributed by atoms with Crippen molar-refractivity contribution in [2.45, 2.75) is 29.0 Å². The van der Waals surface area contributed by atoms with Gasteiger partial charge in [0.2, 0.25) is 0 Å². The van der Waals surface area contributed by atoms with Crippen LogP contribution in [0.4, 0.5) is 0 Å². The van der Waals surface area contributed by atoms with Crippen LogP contribution in [-0.2, 0) is 0 Å². The molecule has 0 heterocycles. The molecular weight excluding hydrogens is 219 g/mol. The van der Waals surface area contributed by atoms with Gasteiger partial charge in [-0.1, -0.05) is 22.6 Å². The standard InChI is InChI=1S/C5H9IO2/c6-3-1-4(7)5(8)2-3/h3-5,7-8H,1-2H2. The Balaban J connectivity index is 2.39. The van der Waals surface area contributed by atoms with Crippen LogP contribution in [0.25, 0.3) is 0 Å². The first-order valence-electron chi connectivity index (χ1n) is 2.70. The lowest BCUT2D eigenvalue weighted by Crippen LogP contribution is -2.17. The van der Waals surface area contributed by atoms with Crippen LogP contribution in [0.1, 0.15) is 12.8 Å². The van der Waals surface area contributed by atoms with Crippen LogP contribution in [0.2, 0.25) is 0 Å². The predicted molar refractivity (Wildman–Crippen MR) is 39.1 cm³/mol. The largest absolute Gasteiger partial charge is 0.390 e. The first kappa shape index (κ1) is 6.77. The minimum absolute atomic E-state index is 0.461. The average Bonchev–Trinajstić information content (AvgIpc) is 1.85. The van der Waals surface area contributed by atoms with E-state index in [1.807, 2.05) is 0 Å². The van der Waals surface area contributed by atoms with Gasteiger partial charge >= 0.3 is 0 Å². The zero-order chi connectivity index (χ0) is 6.15. The highest BCUT2D eigenvalue weighted by atomic mass is 127.